The molecule has 0 bridgehead atoms. The standard InChI is InChI=1S/C26H34N2O4S/c1-20(29)33-18-17-28(16-15-21-11-7-5-8-12-21)25(31)27-23(24(30)32-26(2,3)4)19-22-13-9-6-10-14-22/h5-14,23H,15-19H2,1-4H3,(H,27,31)/t23-/m0/s1. The van der Waals surface area contributed by atoms with Crippen LogP contribution in [0.2, 0.25) is 0 Å². The Kier molecular flexibility index (Phi) is 10.5. The van der Waals surface area contributed by atoms with Crippen LogP contribution in [0.1, 0.15) is 38.8 Å². The molecule has 0 fully saturated rings. The fourth-order valence-electron chi connectivity index (χ4n) is 3.18. The number of thioether (sulfide) groups is 1. The van der Waals surface area contributed by atoms with Crippen molar-refractivity contribution in [3.8, 4) is 0 Å². The summed E-state index contributed by atoms with van der Waals surface area (Å²) in [5, 5.41) is 2.89. The number of benzene rings is 2. The lowest BCUT2D eigenvalue weighted by molar-refractivity contribution is -0.157. The summed E-state index contributed by atoms with van der Waals surface area (Å²) in [7, 11) is 0. The molecule has 6 nitrogen and oxygen atoms in total. The Morgan fingerprint density at radius 2 is 1.52 bits per heavy atom. The first-order chi connectivity index (χ1) is 15.6. The van der Waals surface area contributed by atoms with Crippen LogP contribution in [0.15, 0.2) is 60.7 Å². The van der Waals surface area contributed by atoms with Crippen LogP contribution in [0.5, 0.6) is 0 Å². The number of urea groups is 1. The fraction of sp³-hybridized carbons (Fsp3) is 0.423. The Bertz CT molecular complexity index is 898. The second-order valence-electron chi connectivity index (χ2n) is 8.79. The molecule has 33 heavy (non-hydrogen) atoms. The quantitative estimate of drug-likeness (QED) is 0.519. The predicted octanol–water partition coefficient (Wildman–Crippen LogP) is 4.47. The predicted molar refractivity (Wildman–Crippen MR) is 133 cm³/mol. The highest BCUT2D eigenvalue weighted by molar-refractivity contribution is 8.13. The third-order valence-electron chi connectivity index (χ3n) is 4.74. The first-order valence-corrected chi connectivity index (χ1v) is 12.1. The van der Waals surface area contributed by atoms with Gasteiger partial charge in [0.2, 0.25) is 0 Å². The van der Waals surface area contributed by atoms with Crippen molar-refractivity contribution in [2.45, 2.75) is 52.2 Å². The number of esters is 1. The summed E-state index contributed by atoms with van der Waals surface area (Å²) in [6, 6.07) is 18.3. The van der Waals surface area contributed by atoms with Gasteiger partial charge >= 0.3 is 12.0 Å². The Labute approximate surface area is 201 Å². The maximum absolute atomic E-state index is 13.2. The van der Waals surface area contributed by atoms with Crippen molar-refractivity contribution in [3.63, 3.8) is 0 Å². The smallest absolute Gasteiger partial charge is 0.329 e. The molecule has 0 saturated carbocycles. The van der Waals surface area contributed by atoms with E-state index in [1.165, 1.54) is 18.7 Å². The summed E-state index contributed by atoms with van der Waals surface area (Å²) >= 11 is 1.18. The van der Waals surface area contributed by atoms with Crippen LogP contribution >= 0.6 is 11.8 Å². The van der Waals surface area contributed by atoms with Gasteiger partial charge in [0.1, 0.15) is 11.6 Å². The summed E-state index contributed by atoms with van der Waals surface area (Å²) in [5.41, 5.74) is 1.38. The van der Waals surface area contributed by atoms with E-state index in [4.69, 9.17) is 4.74 Å². The Hall–Kier alpha value is -2.80. The van der Waals surface area contributed by atoms with Crippen LogP contribution in [0.3, 0.4) is 0 Å². The highest BCUT2D eigenvalue weighted by Crippen LogP contribution is 2.13. The van der Waals surface area contributed by atoms with Gasteiger partial charge in [-0.05, 0) is 38.3 Å². The first-order valence-electron chi connectivity index (χ1n) is 11.1. The zero-order valence-corrected chi connectivity index (χ0v) is 20.7. The number of hydrogen-bond acceptors (Lipinski definition) is 5. The number of rotatable bonds is 10. The van der Waals surface area contributed by atoms with Gasteiger partial charge in [-0.1, -0.05) is 72.4 Å². The normalized spacial score (nSPS) is 12.0. The zero-order chi connectivity index (χ0) is 24.3. The summed E-state index contributed by atoms with van der Waals surface area (Å²) in [6.07, 6.45) is 1.00. The SMILES string of the molecule is CC(=O)SCCN(CCc1ccccc1)C(=O)N[C@@H](Cc1ccccc1)C(=O)OC(C)(C)C. The van der Waals surface area contributed by atoms with Crippen molar-refractivity contribution in [2.75, 3.05) is 18.8 Å². The molecule has 178 valence electrons. The largest absolute Gasteiger partial charge is 0.458 e. The summed E-state index contributed by atoms with van der Waals surface area (Å²) < 4.78 is 5.57. The van der Waals surface area contributed by atoms with Gasteiger partial charge < -0.3 is 15.0 Å². The number of nitrogens with zero attached hydrogens (tertiary/aromatic N) is 1. The van der Waals surface area contributed by atoms with E-state index >= 15 is 0 Å². The van der Waals surface area contributed by atoms with Gasteiger partial charge in [-0.3, -0.25) is 4.79 Å². The third-order valence-corrected chi connectivity index (χ3v) is 5.53. The van der Waals surface area contributed by atoms with Gasteiger partial charge in [0, 0.05) is 32.2 Å². The van der Waals surface area contributed by atoms with Crippen molar-refractivity contribution in [1.82, 2.24) is 10.2 Å². The summed E-state index contributed by atoms with van der Waals surface area (Å²) in [6.45, 7) is 7.79. The number of hydrogen-bond donors (Lipinski definition) is 1. The van der Waals surface area contributed by atoms with Crippen molar-refractivity contribution >= 4 is 28.9 Å². The van der Waals surface area contributed by atoms with Crippen molar-refractivity contribution < 1.29 is 19.1 Å². The molecule has 0 saturated heterocycles. The van der Waals surface area contributed by atoms with Gasteiger partial charge in [0.05, 0.1) is 0 Å². The van der Waals surface area contributed by atoms with Crippen molar-refractivity contribution in [2.24, 2.45) is 0 Å². The molecule has 0 aliphatic carbocycles. The van der Waals surface area contributed by atoms with Gasteiger partial charge in [-0.25, -0.2) is 9.59 Å². The van der Waals surface area contributed by atoms with E-state index in [0.717, 1.165) is 11.1 Å². The molecule has 0 aromatic heterocycles. The topological polar surface area (TPSA) is 75.7 Å². The minimum absolute atomic E-state index is 0.00845. The minimum Gasteiger partial charge on any atom is -0.458 e. The molecular weight excluding hydrogens is 436 g/mol. The van der Waals surface area contributed by atoms with E-state index in [2.05, 4.69) is 5.32 Å². The number of amides is 2. The molecule has 7 heteroatoms. The van der Waals surface area contributed by atoms with Crippen LogP contribution in [0, 0.1) is 0 Å². The second-order valence-corrected chi connectivity index (χ2v) is 10.1. The summed E-state index contributed by atoms with van der Waals surface area (Å²) in [4.78, 5) is 39.1. The lowest BCUT2D eigenvalue weighted by atomic mass is 10.1. The molecule has 2 aromatic carbocycles. The van der Waals surface area contributed by atoms with Crippen LogP contribution in [0.25, 0.3) is 0 Å². The van der Waals surface area contributed by atoms with Crippen LogP contribution in [0.4, 0.5) is 4.79 Å². The summed E-state index contributed by atoms with van der Waals surface area (Å²) in [5.74, 6) is 0.0219. The van der Waals surface area contributed by atoms with Crippen LogP contribution in [-0.2, 0) is 27.2 Å². The molecule has 0 radical (unpaired) electrons. The van der Waals surface area contributed by atoms with E-state index in [1.807, 2.05) is 60.7 Å². The number of nitrogens with one attached hydrogen (secondary N) is 1. The molecule has 0 spiro atoms. The molecule has 0 unspecified atom stereocenters. The highest BCUT2D eigenvalue weighted by atomic mass is 32.2. The highest BCUT2D eigenvalue weighted by Gasteiger charge is 2.28. The van der Waals surface area contributed by atoms with E-state index in [9.17, 15) is 14.4 Å². The lowest BCUT2D eigenvalue weighted by Gasteiger charge is -2.28. The first kappa shape index (κ1) is 26.5. The number of carbonyl (C=O) groups is 3. The van der Waals surface area contributed by atoms with Gasteiger partial charge in [-0.15, -0.1) is 0 Å². The molecule has 0 heterocycles. The Balaban J connectivity index is 2.13. The molecule has 0 aliphatic rings. The van der Waals surface area contributed by atoms with Crippen molar-refractivity contribution in [1.29, 1.82) is 0 Å². The molecule has 0 aliphatic heterocycles. The number of ether oxygens (including phenoxy) is 1. The monoisotopic (exact) mass is 470 g/mol. The van der Waals surface area contributed by atoms with E-state index in [0.29, 0.717) is 31.7 Å². The maximum Gasteiger partial charge on any atom is 0.329 e. The van der Waals surface area contributed by atoms with Gasteiger partial charge in [-0.2, -0.15) is 0 Å². The van der Waals surface area contributed by atoms with Gasteiger partial charge in [0.15, 0.2) is 5.12 Å². The molecule has 2 aromatic rings. The third kappa shape index (κ3) is 10.6. The zero-order valence-electron chi connectivity index (χ0n) is 19.9. The molecule has 2 rings (SSSR count). The average Bonchev–Trinajstić information content (AvgIpc) is 2.75. The molecule has 2 amide bonds. The van der Waals surface area contributed by atoms with Crippen LogP contribution in [-0.4, -0.2) is 52.5 Å². The molecular formula is C26H34N2O4S. The molecule has 1 atom stereocenters. The number of carbonyl (C=O) groups excluding carboxylic acids is 3. The van der Waals surface area contributed by atoms with E-state index < -0.39 is 17.6 Å². The van der Waals surface area contributed by atoms with E-state index in [1.54, 1.807) is 25.7 Å². The molecule has 1 N–H and O–H groups in total. The second kappa shape index (κ2) is 13.0. The van der Waals surface area contributed by atoms with E-state index in [-0.39, 0.29) is 11.1 Å². The fourth-order valence-corrected chi connectivity index (χ4v) is 3.78. The Morgan fingerprint density at radius 1 is 0.939 bits per heavy atom. The average molecular weight is 471 g/mol. The van der Waals surface area contributed by atoms with Crippen LogP contribution < -0.4 is 5.32 Å². The van der Waals surface area contributed by atoms with Gasteiger partial charge in [0.25, 0.3) is 0 Å². The minimum atomic E-state index is -0.821. The lowest BCUT2D eigenvalue weighted by Crippen LogP contribution is -2.51. The maximum atomic E-state index is 13.2. The Morgan fingerprint density at radius 3 is 2.06 bits per heavy atom. The van der Waals surface area contributed by atoms with Crippen molar-refractivity contribution in [3.05, 3.63) is 71.8 Å².